The summed E-state index contributed by atoms with van der Waals surface area (Å²) < 4.78 is 10.8. The van der Waals surface area contributed by atoms with E-state index in [2.05, 4.69) is 4.98 Å². The molecule has 1 aliphatic carbocycles. The van der Waals surface area contributed by atoms with Crippen molar-refractivity contribution in [3.05, 3.63) is 23.4 Å². The summed E-state index contributed by atoms with van der Waals surface area (Å²) in [5.74, 6) is 1.15. The summed E-state index contributed by atoms with van der Waals surface area (Å²) in [5.41, 5.74) is 1.58. The molecule has 0 radical (unpaired) electrons. The van der Waals surface area contributed by atoms with Crippen LogP contribution < -0.4 is 9.47 Å². The fourth-order valence-corrected chi connectivity index (χ4v) is 2.71. The molecule has 102 valence electrons. The van der Waals surface area contributed by atoms with Crippen molar-refractivity contribution in [2.75, 3.05) is 6.79 Å². The lowest BCUT2D eigenvalue weighted by atomic mass is 10.0. The number of carbonyl (C=O) groups excluding carboxylic acids is 1. The van der Waals surface area contributed by atoms with Gasteiger partial charge in [0, 0.05) is 5.92 Å². The molecular weight excluding hydrogens is 258 g/mol. The van der Waals surface area contributed by atoms with E-state index in [-0.39, 0.29) is 24.2 Å². The molecule has 1 aliphatic heterocycles. The predicted molar refractivity (Wildman–Crippen MR) is 71.5 cm³/mol. The number of aromatic hydroxyl groups is 1. The molecule has 2 heterocycles. The van der Waals surface area contributed by atoms with Gasteiger partial charge in [0.2, 0.25) is 6.79 Å². The van der Waals surface area contributed by atoms with Gasteiger partial charge < -0.3 is 14.6 Å². The van der Waals surface area contributed by atoms with Crippen molar-refractivity contribution in [2.24, 2.45) is 0 Å². The molecule has 5 nitrogen and oxygen atoms in total. The molecule has 20 heavy (non-hydrogen) atoms. The zero-order valence-electron chi connectivity index (χ0n) is 11.0. The molecule has 0 amide bonds. The highest BCUT2D eigenvalue weighted by Gasteiger charge is 2.32. The van der Waals surface area contributed by atoms with Crippen LogP contribution in [-0.4, -0.2) is 22.7 Å². The maximum atomic E-state index is 12.0. The summed E-state index contributed by atoms with van der Waals surface area (Å²) in [5, 5.41) is 11.0. The van der Waals surface area contributed by atoms with Crippen molar-refractivity contribution >= 4 is 16.7 Å². The molecular formula is C15H13NO4. The third-order valence-corrected chi connectivity index (χ3v) is 3.80. The number of Topliss-reactive ketones (excluding diaryl/α,β-unsaturated/α-hetero) is 1. The fraction of sp³-hybridized carbons (Fsp3) is 0.333. The van der Waals surface area contributed by atoms with E-state index in [0.717, 1.165) is 12.8 Å². The molecule has 1 fully saturated rings. The number of hydrogen-bond donors (Lipinski definition) is 1. The van der Waals surface area contributed by atoms with Gasteiger partial charge in [0.1, 0.15) is 5.75 Å². The summed E-state index contributed by atoms with van der Waals surface area (Å²) in [7, 11) is 0. The van der Waals surface area contributed by atoms with Crippen LogP contribution in [0, 0.1) is 0 Å². The molecule has 1 aromatic carbocycles. The minimum Gasteiger partial charge on any atom is -0.505 e. The monoisotopic (exact) mass is 271 g/mol. The van der Waals surface area contributed by atoms with Crippen LogP contribution in [0.3, 0.4) is 0 Å². The Morgan fingerprint density at radius 3 is 2.85 bits per heavy atom. The lowest BCUT2D eigenvalue weighted by molar-refractivity contribution is 0.101. The fourth-order valence-electron chi connectivity index (χ4n) is 2.71. The molecule has 1 aromatic heterocycles. The molecule has 2 aromatic rings. The number of carbonyl (C=O) groups is 1. The van der Waals surface area contributed by atoms with E-state index in [4.69, 9.17) is 9.47 Å². The Hall–Kier alpha value is -2.30. The standard InChI is InChI=1S/C15H13NO4/c1-7(17)11-12-9(4-5-10-15(12)20-6-19-10)16-13(14(11)18)8-2-3-8/h4-5,8,18H,2-3,6H2,1H3. The van der Waals surface area contributed by atoms with Crippen molar-refractivity contribution < 1.29 is 19.4 Å². The van der Waals surface area contributed by atoms with Crippen LogP contribution in [0.25, 0.3) is 10.9 Å². The molecule has 0 atom stereocenters. The Kier molecular flexibility index (Phi) is 2.22. The van der Waals surface area contributed by atoms with Crippen LogP contribution in [0.1, 0.15) is 41.7 Å². The lowest BCUT2D eigenvalue weighted by Crippen LogP contribution is -2.02. The van der Waals surface area contributed by atoms with Crippen LogP contribution in [-0.2, 0) is 0 Å². The molecule has 0 spiro atoms. The summed E-state index contributed by atoms with van der Waals surface area (Å²) in [6.07, 6.45) is 2.02. The van der Waals surface area contributed by atoms with E-state index in [9.17, 15) is 9.90 Å². The van der Waals surface area contributed by atoms with Gasteiger partial charge in [-0.15, -0.1) is 0 Å². The number of rotatable bonds is 2. The number of ketones is 1. The zero-order valence-corrected chi connectivity index (χ0v) is 11.0. The molecule has 5 heteroatoms. The highest BCUT2D eigenvalue weighted by molar-refractivity contribution is 6.11. The molecule has 0 saturated heterocycles. The van der Waals surface area contributed by atoms with Gasteiger partial charge in [-0.25, -0.2) is 4.98 Å². The number of ether oxygens (including phenoxy) is 2. The van der Waals surface area contributed by atoms with Crippen molar-refractivity contribution in [1.82, 2.24) is 4.98 Å². The first-order valence-electron chi connectivity index (χ1n) is 6.63. The lowest BCUT2D eigenvalue weighted by Gasteiger charge is -2.12. The smallest absolute Gasteiger partial charge is 0.231 e. The average Bonchev–Trinajstić information content (AvgIpc) is 3.14. The van der Waals surface area contributed by atoms with Crippen LogP contribution >= 0.6 is 0 Å². The third kappa shape index (κ3) is 1.49. The van der Waals surface area contributed by atoms with Gasteiger partial charge in [0.25, 0.3) is 0 Å². The highest BCUT2D eigenvalue weighted by atomic mass is 16.7. The Labute approximate surface area is 115 Å². The first kappa shape index (κ1) is 11.5. The molecule has 0 unspecified atom stereocenters. The summed E-state index contributed by atoms with van der Waals surface area (Å²) >= 11 is 0. The maximum Gasteiger partial charge on any atom is 0.231 e. The van der Waals surface area contributed by atoms with Crippen LogP contribution in [0.4, 0.5) is 0 Å². The van der Waals surface area contributed by atoms with Gasteiger partial charge in [-0.05, 0) is 31.9 Å². The molecule has 1 N–H and O–H groups in total. The second-order valence-electron chi connectivity index (χ2n) is 5.24. The minimum atomic E-state index is -0.194. The first-order valence-corrected chi connectivity index (χ1v) is 6.63. The van der Waals surface area contributed by atoms with Gasteiger partial charge in [-0.2, -0.15) is 0 Å². The predicted octanol–water partition coefficient (Wildman–Crippen LogP) is 2.75. The van der Waals surface area contributed by atoms with Gasteiger partial charge in [-0.1, -0.05) is 0 Å². The van der Waals surface area contributed by atoms with Gasteiger partial charge in [0.05, 0.1) is 22.2 Å². The number of fused-ring (bicyclic) bond motifs is 3. The maximum absolute atomic E-state index is 12.0. The van der Waals surface area contributed by atoms with E-state index in [1.165, 1.54) is 6.92 Å². The second kappa shape index (κ2) is 3.85. The minimum absolute atomic E-state index is 0.00333. The van der Waals surface area contributed by atoms with E-state index >= 15 is 0 Å². The van der Waals surface area contributed by atoms with Gasteiger partial charge >= 0.3 is 0 Å². The largest absolute Gasteiger partial charge is 0.505 e. The molecule has 4 rings (SSSR count). The highest BCUT2D eigenvalue weighted by Crippen LogP contribution is 2.48. The van der Waals surface area contributed by atoms with Crippen LogP contribution in [0.15, 0.2) is 12.1 Å². The van der Waals surface area contributed by atoms with E-state index in [1.54, 1.807) is 12.1 Å². The van der Waals surface area contributed by atoms with E-state index < -0.39 is 0 Å². The number of hydrogen-bond acceptors (Lipinski definition) is 5. The van der Waals surface area contributed by atoms with E-state index in [0.29, 0.717) is 33.7 Å². The molecule has 2 aliphatic rings. The van der Waals surface area contributed by atoms with Crippen LogP contribution in [0.2, 0.25) is 0 Å². The van der Waals surface area contributed by atoms with Crippen molar-refractivity contribution in [2.45, 2.75) is 25.7 Å². The number of benzene rings is 1. The summed E-state index contributed by atoms with van der Waals surface area (Å²) in [6, 6.07) is 3.59. The Balaban J connectivity index is 2.12. The van der Waals surface area contributed by atoms with E-state index in [1.807, 2.05) is 0 Å². The number of nitrogens with zero attached hydrogens (tertiary/aromatic N) is 1. The molecule has 0 bridgehead atoms. The Morgan fingerprint density at radius 1 is 1.35 bits per heavy atom. The quantitative estimate of drug-likeness (QED) is 0.850. The number of pyridine rings is 1. The van der Waals surface area contributed by atoms with Gasteiger partial charge in [0.15, 0.2) is 17.3 Å². The summed E-state index contributed by atoms with van der Waals surface area (Å²) in [6.45, 7) is 1.57. The summed E-state index contributed by atoms with van der Waals surface area (Å²) in [4.78, 5) is 16.5. The SMILES string of the molecule is CC(=O)c1c(O)c(C2CC2)nc2ccc3c(c12)OCO3. The zero-order chi connectivity index (χ0) is 13.9. The first-order chi connectivity index (χ1) is 9.66. The normalized spacial score (nSPS) is 16.6. The third-order valence-electron chi connectivity index (χ3n) is 3.80. The Bertz CT molecular complexity index is 749. The average molecular weight is 271 g/mol. The van der Waals surface area contributed by atoms with Crippen molar-refractivity contribution in [1.29, 1.82) is 0 Å². The Morgan fingerprint density at radius 2 is 2.15 bits per heavy atom. The topological polar surface area (TPSA) is 68.7 Å². The number of aromatic nitrogens is 1. The second-order valence-corrected chi connectivity index (χ2v) is 5.24. The van der Waals surface area contributed by atoms with Crippen molar-refractivity contribution in [3.63, 3.8) is 0 Å². The van der Waals surface area contributed by atoms with Crippen molar-refractivity contribution in [3.8, 4) is 17.2 Å². The van der Waals surface area contributed by atoms with Gasteiger partial charge in [-0.3, -0.25) is 4.79 Å². The molecule has 1 saturated carbocycles. The van der Waals surface area contributed by atoms with Crippen LogP contribution in [0.5, 0.6) is 17.2 Å².